The monoisotopic (exact) mass is 536 g/mol. The Labute approximate surface area is 222 Å². The molecule has 0 saturated carbocycles. The second-order valence-electron chi connectivity index (χ2n) is 9.54. The molecule has 10 heteroatoms. The Morgan fingerprint density at radius 2 is 1.68 bits per heavy atom. The number of halogens is 3. The van der Waals surface area contributed by atoms with Gasteiger partial charge in [-0.15, -0.1) is 0 Å². The number of aliphatic hydroxyl groups excluding tert-OH is 1. The first-order chi connectivity index (χ1) is 17.9. The fraction of sp³-hybridized carbons (Fsp3) is 0.500. The van der Waals surface area contributed by atoms with E-state index in [1.807, 2.05) is 39.8 Å². The lowest BCUT2D eigenvalue weighted by molar-refractivity contribution is -0.137. The van der Waals surface area contributed by atoms with E-state index in [1.54, 1.807) is 0 Å². The van der Waals surface area contributed by atoms with Crippen molar-refractivity contribution in [2.75, 3.05) is 23.7 Å². The summed E-state index contributed by atoms with van der Waals surface area (Å²) in [5, 5.41) is 21.8. The molecule has 0 fully saturated rings. The molecule has 0 bridgehead atoms. The van der Waals surface area contributed by atoms with Gasteiger partial charge in [-0.3, -0.25) is 9.59 Å². The molecule has 0 aliphatic heterocycles. The maximum Gasteiger partial charge on any atom is 0.416 e. The SMILES string of the molecule is CCCNc1cc(NC(=O)CC(=O)N[C@@H](CNCc2ccc(C)cc2C)[C@@H](O)CCC)cc(C(F)(F)F)c1. The summed E-state index contributed by atoms with van der Waals surface area (Å²) in [7, 11) is 0. The summed E-state index contributed by atoms with van der Waals surface area (Å²) < 4.78 is 39.9. The van der Waals surface area contributed by atoms with Gasteiger partial charge < -0.3 is 26.4 Å². The smallest absolute Gasteiger partial charge is 0.391 e. The third-order valence-electron chi connectivity index (χ3n) is 6.02. The third-order valence-corrected chi connectivity index (χ3v) is 6.02. The highest BCUT2D eigenvalue weighted by atomic mass is 19.4. The minimum atomic E-state index is -4.59. The Balaban J connectivity index is 2.01. The molecule has 2 rings (SSSR count). The normalized spacial score (nSPS) is 13.1. The largest absolute Gasteiger partial charge is 0.416 e. The maximum absolute atomic E-state index is 13.3. The van der Waals surface area contributed by atoms with E-state index in [9.17, 15) is 27.9 Å². The number of amides is 2. The highest BCUT2D eigenvalue weighted by Crippen LogP contribution is 2.33. The number of alkyl halides is 3. The van der Waals surface area contributed by atoms with E-state index in [0.29, 0.717) is 32.4 Å². The number of benzene rings is 2. The van der Waals surface area contributed by atoms with Crippen LogP contribution in [0.1, 0.15) is 61.8 Å². The maximum atomic E-state index is 13.3. The number of rotatable bonds is 14. The first-order valence-corrected chi connectivity index (χ1v) is 12.9. The van der Waals surface area contributed by atoms with Crippen LogP contribution in [0.3, 0.4) is 0 Å². The number of hydrogen-bond acceptors (Lipinski definition) is 5. The van der Waals surface area contributed by atoms with Crippen molar-refractivity contribution in [1.29, 1.82) is 0 Å². The van der Waals surface area contributed by atoms with Crippen molar-refractivity contribution in [3.63, 3.8) is 0 Å². The number of nitrogens with one attached hydrogen (secondary N) is 4. The van der Waals surface area contributed by atoms with Crippen molar-refractivity contribution in [2.24, 2.45) is 0 Å². The van der Waals surface area contributed by atoms with Crippen LogP contribution in [-0.2, 0) is 22.3 Å². The van der Waals surface area contributed by atoms with Crippen molar-refractivity contribution in [2.45, 2.75) is 78.2 Å². The molecule has 2 aromatic rings. The summed E-state index contributed by atoms with van der Waals surface area (Å²) >= 11 is 0. The fourth-order valence-corrected chi connectivity index (χ4v) is 4.03. The Kier molecular flexibility index (Phi) is 12.1. The molecular weight excluding hydrogens is 497 g/mol. The molecule has 0 heterocycles. The van der Waals surface area contributed by atoms with Crippen molar-refractivity contribution >= 4 is 23.2 Å². The number of anilines is 2. The lowest BCUT2D eigenvalue weighted by Crippen LogP contribution is -2.49. The summed E-state index contributed by atoms with van der Waals surface area (Å²) in [5.41, 5.74) is 2.64. The van der Waals surface area contributed by atoms with Crippen LogP contribution in [0.5, 0.6) is 0 Å². The molecule has 0 aromatic heterocycles. The zero-order chi connectivity index (χ0) is 28.3. The highest BCUT2D eigenvalue weighted by Gasteiger charge is 2.31. The van der Waals surface area contributed by atoms with E-state index in [1.165, 1.54) is 6.07 Å². The molecule has 210 valence electrons. The van der Waals surface area contributed by atoms with Gasteiger partial charge in [0.1, 0.15) is 6.42 Å². The Morgan fingerprint density at radius 3 is 2.32 bits per heavy atom. The van der Waals surface area contributed by atoms with Gasteiger partial charge in [0, 0.05) is 31.0 Å². The van der Waals surface area contributed by atoms with E-state index in [0.717, 1.165) is 28.8 Å². The van der Waals surface area contributed by atoms with Crippen LogP contribution in [0.4, 0.5) is 24.5 Å². The van der Waals surface area contributed by atoms with Crippen molar-refractivity contribution in [1.82, 2.24) is 10.6 Å². The fourth-order valence-electron chi connectivity index (χ4n) is 4.03. The minimum Gasteiger partial charge on any atom is -0.391 e. The van der Waals surface area contributed by atoms with Gasteiger partial charge in [-0.05, 0) is 56.0 Å². The standard InChI is InChI=1S/C28H39F3N4O3/c1-5-7-25(36)24(17-32-16-20-9-8-18(3)11-19(20)4)35-27(38)15-26(37)34-23-13-21(28(29,30)31)12-22(14-23)33-10-6-2/h8-9,11-14,24-25,32-33,36H,5-7,10,15-17H2,1-4H3,(H,34,37)(H,35,38)/t24-,25-/m0/s1. The molecule has 0 spiro atoms. The molecule has 7 nitrogen and oxygen atoms in total. The van der Waals surface area contributed by atoms with Crippen molar-refractivity contribution in [3.05, 3.63) is 58.7 Å². The number of carbonyl (C=O) groups excluding carboxylic acids is 2. The van der Waals surface area contributed by atoms with Gasteiger partial charge >= 0.3 is 6.18 Å². The molecule has 0 saturated heterocycles. The predicted octanol–water partition coefficient (Wildman–Crippen LogP) is 4.91. The summed E-state index contributed by atoms with van der Waals surface area (Å²) in [6.07, 6.45) is -4.14. The molecule has 0 aliphatic rings. The minimum absolute atomic E-state index is 0.0612. The number of aliphatic hydroxyl groups is 1. The molecule has 38 heavy (non-hydrogen) atoms. The first-order valence-electron chi connectivity index (χ1n) is 12.9. The van der Waals surface area contributed by atoms with Crippen LogP contribution in [0, 0.1) is 13.8 Å². The summed E-state index contributed by atoms with van der Waals surface area (Å²) in [6, 6.07) is 8.68. The number of hydrogen-bond donors (Lipinski definition) is 5. The topological polar surface area (TPSA) is 102 Å². The molecule has 0 aliphatic carbocycles. The lowest BCUT2D eigenvalue weighted by Gasteiger charge is -2.24. The molecule has 5 N–H and O–H groups in total. The van der Waals surface area contributed by atoms with Gasteiger partial charge in [0.05, 0.1) is 17.7 Å². The van der Waals surface area contributed by atoms with E-state index >= 15 is 0 Å². The number of aryl methyl sites for hydroxylation is 2. The summed E-state index contributed by atoms with van der Waals surface area (Å²) in [5.74, 6) is -1.39. The second-order valence-corrected chi connectivity index (χ2v) is 9.54. The zero-order valence-corrected chi connectivity index (χ0v) is 22.5. The average Bonchev–Trinajstić information content (AvgIpc) is 2.82. The average molecular weight is 537 g/mol. The van der Waals surface area contributed by atoms with Gasteiger partial charge in [-0.25, -0.2) is 0 Å². The van der Waals surface area contributed by atoms with Crippen LogP contribution >= 0.6 is 0 Å². The van der Waals surface area contributed by atoms with Crippen molar-refractivity contribution in [3.8, 4) is 0 Å². The number of carbonyl (C=O) groups is 2. The molecular formula is C28H39F3N4O3. The van der Waals surface area contributed by atoms with Crippen LogP contribution in [-0.4, -0.2) is 42.2 Å². The Morgan fingerprint density at radius 1 is 0.974 bits per heavy atom. The highest BCUT2D eigenvalue weighted by molar-refractivity contribution is 6.03. The predicted molar refractivity (Wildman–Crippen MR) is 144 cm³/mol. The lowest BCUT2D eigenvalue weighted by atomic mass is 10.0. The third kappa shape index (κ3) is 10.3. The second kappa shape index (κ2) is 14.7. The first kappa shape index (κ1) is 31.1. The molecule has 0 unspecified atom stereocenters. The Bertz CT molecular complexity index is 1080. The van der Waals surface area contributed by atoms with E-state index in [-0.39, 0.29) is 17.9 Å². The van der Waals surface area contributed by atoms with Crippen LogP contribution in [0.15, 0.2) is 36.4 Å². The van der Waals surface area contributed by atoms with E-state index < -0.39 is 42.1 Å². The molecule has 2 amide bonds. The van der Waals surface area contributed by atoms with Crippen LogP contribution in [0.2, 0.25) is 0 Å². The summed E-state index contributed by atoms with van der Waals surface area (Å²) in [6.45, 7) is 9.12. The van der Waals surface area contributed by atoms with Gasteiger partial charge in [0.15, 0.2) is 0 Å². The van der Waals surface area contributed by atoms with E-state index in [4.69, 9.17) is 0 Å². The quantitative estimate of drug-likeness (QED) is 0.221. The summed E-state index contributed by atoms with van der Waals surface area (Å²) in [4.78, 5) is 25.1. The van der Waals surface area contributed by atoms with Gasteiger partial charge in [-0.1, -0.05) is 44.0 Å². The van der Waals surface area contributed by atoms with E-state index in [2.05, 4.69) is 27.3 Å². The van der Waals surface area contributed by atoms with Crippen molar-refractivity contribution < 1.29 is 27.9 Å². The van der Waals surface area contributed by atoms with Gasteiger partial charge in [-0.2, -0.15) is 13.2 Å². The van der Waals surface area contributed by atoms with Crippen LogP contribution in [0.25, 0.3) is 0 Å². The molecule has 2 aromatic carbocycles. The van der Waals surface area contributed by atoms with Gasteiger partial charge in [0.25, 0.3) is 0 Å². The Hall–Kier alpha value is -3.11. The molecule has 2 atom stereocenters. The van der Waals surface area contributed by atoms with Gasteiger partial charge in [0.2, 0.25) is 11.8 Å². The molecule has 0 radical (unpaired) electrons. The zero-order valence-electron chi connectivity index (χ0n) is 22.5. The van der Waals surface area contributed by atoms with Crippen LogP contribution < -0.4 is 21.3 Å².